The van der Waals surface area contributed by atoms with E-state index in [4.69, 9.17) is 18.9 Å². The fourth-order valence-electron chi connectivity index (χ4n) is 10.8. The summed E-state index contributed by atoms with van der Waals surface area (Å²) in [5.74, 6) is 3.51. The molecule has 4 aliphatic heterocycles. The number of hydrogen-bond acceptors (Lipinski definition) is 8. The number of aromatic nitrogens is 2. The summed E-state index contributed by atoms with van der Waals surface area (Å²) in [6.45, 7) is 23.3. The zero-order valence-electron chi connectivity index (χ0n) is 41.5. The third-order valence-corrected chi connectivity index (χ3v) is 15.6. The molecule has 2 saturated heterocycles. The average Bonchev–Trinajstić information content (AvgIpc) is 3.34. The van der Waals surface area contributed by atoms with E-state index in [1.54, 1.807) is 12.1 Å². The number of fused-ring (bicyclic) bond motifs is 4. The van der Waals surface area contributed by atoms with Crippen LogP contribution in [0.4, 0.5) is 0 Å². The fourth-order valence-corrected chi connectivity index (χ4v) is 10.8. The van der Waals surface area contributed by atoms with Gasteiger partial charge in [0.2, 0.25) is 0 Å². The molecule has 4 aromatic carbocycles. The van der Waals surface area contributed by atoms with E-state index in [2.05, 4.69) is 98.2 Å². The van der Waals surface area contributed by atoms with Crippen LogP contribution in [0.3, 0.4) is 0 Å². The molecule has 6 heterocycles. The smallest absolute Gasteiger partial charge is 0.251 e. The first-order valence-electron chi connectivity index (χ1n) is 25.2. The highest BCUT2D eigenvalue weighted by atomic mass is 16.6. The number of pyridine rings is 2. The molecule has 0 amide bonds. The molecule has 0 bridgehead atoms. The molecule has 2 fully saturated rings. The van der Waals surface area contributed by atoms with Crippen molar-refractivity contribution in [2.45, 2.75) is 106 Å². The lowest BCUT2D eigenvalue weighted by Gasteiger charge is -2.39. The highest BCUT2D eigenvalue weighted by Crippen LogP contribution is 2.39. The normalized spacial score (nSPS) is 17.7. The molecular formula is C58H72N4O6. The minimum absolute atomic E-state index is 0.108. The largest absolute Gasteiger partial charge is 0.486 e. The second-order valence-electron chi connectivity index (χ2n) is 20.9. The van der Waals surface area contributed by atoms with Gasteiger partial charge in [0.1, 0.15) is 26.4 Å². The maximum atomic E-state index is 12.8. The van der Waals surface area contributed by atoms with Crippen molar-refractivity contribution >= 4 is 21.8 Å². The van der Waals surface area contributed by atoms with Crippen LogP contribution >= 0.6 is 0 Å². The average molecular weight is 921 g/mol. The second-order valence-corrected chi connectivity index (χ2v) is 20.9. The molecule has 0 N–H and O–H groups in total. The van der Waals surface area contributed by atoms with Gasteiger partial charge in [0.15, 0.2) is 23.0 Å². The Kier molecular flexibility index (Phi) is 14.4. The van der Waals surface area contributed by atoms with Crippen molar-refractivity contribution < 1.29 is 18.9 Å². The van der Waals surface area contributed by atoms with Crippen LogP contribution in [0, 0.1) is 38.5 Å². The van der Waals surface area contributed by atoms with E-state index in [-0.39, 0.29) is 11.1 Å². The van der Waals surface area contributed by atoms with Crippen LogP contribution in [-0.2, 0) is 25.9 Å². The molecule has 2 aromatic heterocycles. The van der Waals surface area contributed by atoms with E-state index in [0.717, 1.165) is 110 Å². The summed E-state index contributed by atoms with van der Waals surface area (Å²) in [5.41, 5.74) is 10.2. The molecule has 4 aliphatic rings. The number of likely N-dealkylation sites (tertiary alicyclic amines) is 2. The molecule has 0 unspecified atom stereocenters. The zero-order chi connectivity index (χ0) is 47.4. The lowest BCUT2D eigenvalue weighted by Crippen LogP contribution is -2.41. The maximum Gasteiger partial charge on any atom is 0.251 e. The Morgan fingerprint density at radius 2 is 0.838 bits per heavy atom. The monoisotopic (exact) mass is 921 g/mol. The number of benzene rings is 4. The Morgan fingerprint density at radius 3 is 1.24 bits per heavy atom. The fraction of sp³-hybridized carbons (Fsp3) is 0.483. The highest BCUT2D eigenvalue weighted by molar-refractivity contribution is 5.83. The third kappa shape index (κ3) is 11.1. The summed E-state index contributed by atoms with van der Waals surface area (Å²) in [6.07, 6.45) is 9.28. The summed E-state index contributed by atoms with van der Waals surface area (Å²) in [6, 6.07) is 29.1. The van der Waals surface area contributed by atoms with E-state index in [9.17, 15) is 9.59 Å². The molecule has 0 aliphatic carbocycles. The quantitative estimate of drug-likeness (QED) is 0.120. The van der Waals surface area contributed by atoms with Gasteiger partial charge in [-0.15, -0.1) is 0 Å². The van der Waals surface area contributed by atoms with Gasteiger partial charge in [-0.3, -0.25) is 9.59 Å². The first-order chi connectivity index (χ1) is 32.8. The van der Waals surface area contributed by atoms with E-state index in [0.29, 0.717) is 37.3 Å². The molecule has 360 valence electrons. The maximum absolute atomic E-state index is 12.8. The first-order valence-corrected chi connectivity index (χ1v) is 25.2. The summed E-state index contributed by atoms with van der Waals surface area (Å²) in [5, 5.41) is 2.35. The van der Waals surface area contributed by atoms with Crippen molar-refractivity contribution in [3.8, 4) is 23.0 Å². The number of rotatable bonds is 12. The van der Waals surface area contributed by atoms with Gasteiger partial charge in [-0.1, -0.05) is 50.2 Å². The van der Waals surface area contributed by atoms with Crippen LogP contribution in [-0.4, -0.2) is 84.6 Å². The van der Waals surface area contributed by atoms with Crippen molar-refractivity contribution in [2.75, 3.05) is 65.7 Å². The van der Waals surface area contributed by atoms with Crippen LogP contribution < -0.4 is 30.1 Å². The Labute approximate surface area is 402 Å². The number of hydrogen-bond donors (Lipinski definition) is 0. The van der Waals surface area contributed by atoms with Gasteiger partial charge < -0.3 is 37.9 Å². The van der Waals surface area contributed by atoms with Gasteiger partial charge in [0.05, 0.1) is 11.0 Å². The van der Waals surface area contributed by atoms with Gasteiger partial charge in [0, 0.05) is 49.1 Å². The lowest BCUT2D eigenvalue weighted by molar-refractivity contribution is 0.108. The Bertz CT molecular complexity index is 2670. The second kappa shape index (κ2) is 20.6. The van der Waals surface area contributed by atoms with Gasteiger partial charge in [0.25, 0.3) is 11.1 Å². The van der Waals surface area contributed by atoms with Gasteiger partial charge in [-0.05, 0) is 186 Å². The molecule has 68 heavy (non-hydrogen) atoms. The Balaban J connectivity index is 0.000000170. The van der Waals surface area contributed by atoms with E-state index in [1.165, 1.54) is 71.6 Å². The molecule has 10 rings (SSSR count). The van der Waals surface area contributed by atoms with Gasteiger partial charge in [-0.2, -0.15) is 0 Å². The molecule has 10 nitrogen and oxygen atoms in total. The summed E-state index contributed by atoms with van der Waals surface area (Å²) >= 11 is 0. The minimum Gasteiger partial charge on any atom is -0.486 e. The Morgan fingerprint density at radius 1 is 0.456 bits per heavy atom. The van der Waals surface area contributed by atoms with Crippen molar-refractivity contribution in [2.24, 2.45) is 10.8 Å². The van der Waals surface area contributed by atoms with E-state index < -0.39 is 0 Å². The van der Waals surface area contributed by atoms with Gasteiger partial charge in [-0.25, -0.2) is 0 Å². The highest BCUT2D eigenvalue weighted by Gasteiger charge is 2.31. The SMILES string of the molecule is Cc1ccc2c(C)cc(=O)n(CCN3CCC(C)(CCc4ccc5c(c4)OCCO5)CC3)c2c1.Cc1ccc2c(C)cc(=O)n(CCN3CCC(C)(CCc4ccc5c(c4)OCCO5)CC3)c2c1. The van der Waals surface area contributed by atoms with Gasteiger partial charge >= 0.3 is 0 Å². The number of nitrogens with zero attached hydrogens (tertiary/aromatic N) is 4. The van der Waals surface area contributed by atoms with Crippen molar-refractivity contribution in [1.29, 1.82) is 0 Å². The summed E-state index contributed by atoms with van der Waals surface area (Å²) < 4.78 is 26.7. The summed E-state index contributed by atoms with van der Waals surface area (Å²) in [7, 11) is 0. The van der Waals surface area contributed by atoms with E-state index >= 15 is 0 Å². The predicted octanol–water partition coefficient (Wildman–Crippen LogP) is 10.2. The topological polar surface area (TPSA) is 87.4 Å². The standard InChI is InChI=1S/2C29H36N2O3/c2*1-21-4-6-24-22(2)19-28(32)31(25(24)18-21)15-14-30-12-10-29(3,11-13-30)9-8-23-5-7-26-27(20-23)34-17-16-33-26/h2*4-7,18-20H,8-17H2,1-3H3. The third-order valence-electron chi connectivity index (χ3n) is 15.6. The first kappa shape index (κ1) is 47.5. The minimum atomic E-state index is 0.108. The predicted molar refractivity (Wildman–Crippen MR) is 274 cm³/mol. The van der Waals surface area contributed by atoms with E-state index in [1.807, 2.05) is 35.1 Å². The number of aryl methyl sites for hydroxylation is 6. The lowest BCUT2D eigenvalue weighted by atomic mass is 9.76. The molecule has 10 heteroatoms. The van der Waals surface area contributed by atoms with Crippen molar-refractivity contribution in [3.05, 3.63) is 139 Å². The summed E-state index contributed by atoms with van der Waals surface area (Å²) in [4.78, 5) is 30.6. The molecule has 0 radical (unpaired) electrons. The van der Waals surface area contributed by atoms with Crippen LogP contribution in [0.5, 0.6) is 23.0 Å². The zero-order valence-corrected chi connectivity index (χ0v) is 41.5. The molecule has 0 atom stereocenters. The van der Waals surface area contributed by atoms with Crippen LogP contribution in [0.25, 0.3) is 21.8 Å². The number of piperidine rings is 2. The van der Waals surface area contributed by atoms with Crippen LogP contribution in [0.2, 0.25) is 0 Å². The molecule has 0 spiro atoms. The molecular weight excluding hydrogens is 849 g/mol. The number of ether oxygens (including phenoxy) is 4. The van der Waals surface area contributed by atoms with Crippen molar-refractivity contribution in [1.82, 2.24) is 18.9 Å². The molecule has 6 aromatic rings. The molecule has 0 saturated carbocycles. The Hall–Kier alpha value is -5.58. The van der Waals surface area contributed by atoms with Crippen molar-refractivity contribution in [3.63, 3.8) is 0 Å². The van der Waals surface area contributed by atoms with Crippen LogP contribution in [0.15, 0.2) is 94.5 Å². The van der Waals surface area contributed by atoms with Crippen LogP contribution in [0.1, 0.15) is 85.8 Å².